The van der Waals surface area contributed by atoms with Gasteiger partial charge in [-0.1, -0.05) is 42.4 Å². The smallest absolute Gasteiger partial charge is 0.240 e. The summed E-state index contributed by atoms with van der Waals surface area (Å²) in [5.41, 5.74) is 1.28. The summed E-state index contributed by atoms with van der Waals surface area (Å²) in [4.78, 5) is 6.81. The average molecular weight is 315 g/mol. The molecule has 1 aromatic heterocycles. The Morgan fingerprint density at radius 1 is 1.26 bits per heavy atom. The Labute approximate surface area is 137 Å². The second kappa shape index (κ2) is 7.23. The van der Waals surface area contributed by atoms with Crippen molar-refractivity contribution in [2.45, 2.75) is 39.2 Å². The van der Waals surface area contributed by atoms with E-state index >= 15 is 0 Å². The van der Waals surface area contributed by atoms with E-state index in [9.17, 15) is 5.11 Å². The number of likely N-dealkylation sites (tertiary alicyclic amines) is 1. The van der Waals surface area contributed by atoms with Crippen LogP contribution >= 0.6 is 0 Å². The van der Waals surface area contributed by atoms with Gasteiger partial charge in [0.2, 0.25) is 5.89 Å². The lowest BCUT2D eigenvalue weighted by atomic mass is 9.83. The van der Waals surface area contributed by atoms with Gasteiger partial charge in [0, 0.05) is 25.0 Å². The fourth-order valence-corrected chi connectivity index (χ4v) is 3.24. The number of benzene rings is 1. The van der Waals surface area contributed by atoms with E-state index in [0.29, 0.717) is 12.4 Å². The molecule has 1 fully saturated rings. The lowest BCUT2D eigenvalue weighted by Gasteiger charge is -2.38. The van der Waals surface area contributed by atoms with Crippen molar-refractivity contribution in [2.75, 3.05) is 19.7 Å². The highest BCUT2D eigenvalue weighted by molar-refractivity contribution is 5.15. The Bertz CT molecular complexity index is 614. The van der Waals surface area contributed by atoms with Crippen molar-refractivity contribution >= 4 is 0 Å². The Morgan fingerprint density at radius 2 is 2.09 bits per heavy atom. The molecule has 0 radical (unpaired) electrons. The highest BCUT2D eigenvalue weighted by Gasteiger charge is 2.30. The van der Waals surface area contributed by atoms with E-state index in [1.165, 1.54) is 5.56 Å². The van der Waals surface area contributed by atoms with Gasteiger partial charge in [-0.25, -0.2) is 0 Å². The van der Waals surface area contributed by atoms with E-state index in [0.717, 1.165) is 44.6 Å². The third-order valence-corrected chi connectivity index (χ3v) is 4.59. The minimum atomic E-state index is -0.00554. The maximum absolute atomic E-state index is 9.54. The predicted molar refractivity (Wildman–Crippen MR) is 87.9 cm³/mol. The zero-order valence-electron chi connectivity index (χ0n) is 13.7. The topological polar surface area (TPSA) is 62.4 Å². The molecule has 1 saturated heterocycles. The van der Waals surface area contributed by atoms with Crippen LogP contribution < -0.4 is 0 Å². The van der Waals surface area contributed by atoms with Crippen LogP contribution in [0.1, 0.15) is 37.0 Å². The number of rotatable bonds is 6. The predicted octanol–water partition coefficient (Wildman–Crippen LogP) is 2.45. The number of hydrogen-bond acceptors (Lipinski definition) is 5. The summed E-state index contributed by atoms with van der Waals surface area (Å²) in [6, 6.07) is 10.3. The van der Waals surface area contributed by atoms with Crippen LogP contribution in [-0.4, -0.2) is 39.8 Å². The van der Waals surface area contributed by atoms with Gasteiger partial charge in [-0.15, -0.1) is 0 Å². The molecule has 1 aliphatic rings. The summed E-state index contributed by atoms with van der Waals surface area (Å²) in [5.74, 6) is 1.45. The van der Waals surface area contributed by atoms with Gasteiger partial charge < -0.3 is 9.63 Å². The summed E-state index contributed by atoms with van der Waals surface area (Å²) >= 11 is 0. The Kier molecular flexibility index (Phi) is 5.08. The molecule has 2 heterocycles. The maximum atomic E-state index is 9.54. The standard InChI is InChI=1S/C18H25N3O2/c1-18(14-22)10-5-11-21(13-18)12-17-19-16(20-23-17)9-8-15-6-3-2-4-7-15/h2-4,6-7,22H,5,8-14H2,1H3. The van der Waals surface area contributed by atoms with Crippen molar-refractivity contribution < 1.29 is 9.63 Å². The van der Waals surface area contributed by atoms with Crippen LogP contribution in [0.15, 0.2) is 34.9 Å². The molecule has 1 atom stereocenters. The Hall–Kier alpha value is -1.72. The first-order valence-electron chi connectivity index (χ1n) is 8.35. The number of aliphatic hydroxyl groups is 1. The first kappa shape index (κ1) is 16.1. The number of aryl methyl sites for hydroxylation is 2. The van der Waals surface area contributed by atoms with Crippen molar-refractivity contribution in [3.63, 3.8) is 0 Å². The fourth-order valence-electron chi connectivity index (χ4n) is 3.24. The largest absolute Gasteiger partial charge is 0.396 e. The zero-order chi connectivity index (χ0) is 16.1. The van der Waals surface area contributed by atoms with E-state index in [2.05, 4.69) is 34.1 Å². The number of hydrogen-bond donors (Lipinski definition) is 1. The molecule has 5 heteroatoms. The molecule has 0 aliphatic carbocycles. The van der Waals surface area contributed by atoms with Gasteiger partial charge in [0.15, 0.2) is 5.82 Å². The van der Waals surface area contributed by atoms with Crippen LogP contribution in [-0.2, 0) is 19.4 Å². The van der Waals surface area contributed by atoms with Crippen LogP contribution in [0.4, 0.5) is 0 Å². The second-order valence-electron chi connectivity index (χ2n) is 6.87. The monoisotopic (exact) mass is 315 g/mol. The average Bonchev–Trinajstić information content (AvgIpc) is 3.01. The highest BCUT2D eigenvalue weighted by Crippen LogP contribution is 2.29. The molecule has 0 spiro atoms. The quantitative estimate of drug-likeness (QED) is 0.887. The Balaban J connectivity index is 1.53. The normalized spacial score (nSPS) is 22.3. The third kappa shape index (κ3) is 4.39. The van der Waals surface area contributed by atoms with Crippen LogP contribution in [0.3, 0.4) is 0 Å². The van der Waals surface area contributed by atoms with Crippen LogP contribution in [0, 0.1) is 5.41 Å². The van der Waals surface area contributed by atoms with Gasteiger partial charge in [0.05, 0.1) is 6.54 Å². The summed E-state index contributed by atoms with van der Waals surface area (Å²) in [6.45, 7) is 4.95. The van der Waals surface area contributed by atoms with Gasteiger partial charge >= 0.3 is 0 Å². The van der Waals surface area contributed by atoms with Crippen molar-refractivity contribution in [1.82, 2.24) is 15.0 Å². The summed E-state index contributed by atoms with van der Waals surface area (Å²) < 4.78 is 5.39. The number of aromatic nitrogens is 2. The molecule has 2 aromatic rings. The van der Waals surface area contributed by atoms with Crippen molar-refractivity contribution in [3.8, 4) is 0 Å². The Morgan fingerprint density at radius 3 is 2.87 bits per heavy atom. The van der Waals surface area contributed by atoms with Gasteiger partial charge in [0.1, 0.15) is 0 Å². The number of aliphatic hydroxyl groups excluding tert-OH is 1. The van der Waals surface area contributed by atoms with Crippen molar-refractivity contribution in [2.24, 2.45) is 5.41 Å². The molecule has 23 heavy (non-hydrogen) atoms. The van der Waals surface area contributed by atoms with E-state index in [1.54, 1.807) is 0 Å². The molecular formula is C18H25N3O2. The number of nitrogens with zero attached hydrogens (tertiary/aromatic N) is 3. The van der Waals surface area contributed by atoms with Gasteiger partial charge in [-0.2, -0.15) is 4.98 Å². The number of piperidine rings is 1. The first-order chi connectivity index (χ1) is 11.2. The molecule has 0 amide bonds. The van der Waals surface area contributed by atoms with E-state index in [4.69, 9.17) is 4.52 Å². The van der Waals surface area contributed by atoms with Crippen LogP contribution in [0.25, 0.3) is 0 Å². The SMILES string of the molecule is CC1(CO)CCCN(Cc2nc(CCc3ccccc3)no2)C1. The fraction of sp³-hybridized carbons (Fsp3) is 0.556. The lowest BCUT2D eigenvalue weighted by molar-refractivity contribution is 0.0382. The minimum absolute atomic E-state index is 0.00554. The summed E-state index contributed by atoms with van der Waals surface area (Å²) in [6.07, 6.45) is 3.90. The van der Waals surface area contributed by atoms with Crippen LogP contribution in [0.5, 0.6) is 0 Å². The van der Waals surface area contributed by atoms with E-state index < -0.39 is 0 Å². The summed E-state index contributed by atoms with van der Waals surface area (Å²) in [7, 11) is 0. The van der Waals surface area contributed by atoms with Crippen molar-refractivity contribution in [3.05, 3.63) is 47.6 Å². The van der Waals surface area contributed by atoms with E-state index in [1.807, 2.05) is 18.2 Å². The first-order valence-corrected chi connectivity index (χ1v) is 8.35. The zero-order valence-corrected chi connectivity index (χ0v) is 13.7. The molecule has 0 bridgehead atoms. The summed E-state index contributed by atoms with van der Waals surface area (Å²) in [5, 5.41) is 13.6. The third-order valence-electron chi connectivity index (χ3n) is 4.59. The molecular weight excluding hydrogens is 290 g/mol. The highest BCUT2D eigenvalue weighted by atomic mass is 16.5. The molecule has 1 unspecified atom stereocenters. The minimum Gasteiger partial charge on any atom is -0.396 e. The van der Waals surface area contributed by atoms with Crippen LogP contribution in [0.2, 0.25) is 0 Å². The molecule has 1 aliphatic heterocycles. The molecule has 5 nitrogen and oxygen atoms in total. The second-order valence-corrected chi connectivity index (χ2v) is 6.87. The molecule has 0 saturated carbocycles. The lowest BCUT2D eigenvalue weighted by Crippen LogP contribution is -2.43. The maximum Gasteiger partial charge on any atom is 0.240 e. The molecule has 3 rings (SSSR count). The molecule has 1 aromatic carbocycles. The van der Waals surface area contributed by atoms with Gasteiger partial charge in [-0.3, -0.25) is 4.90 Å². The molecule has 1 N–H and O–H groups in total. The van der Waals surface area contributed by atoms with E-state index in [-0.39, 0.29) is 12.0 Å². The van der Waals surface area contributed by atoms with Crippen molar-refractivity contribution in [1.29, 1.82) is 0 Å². The van der Waals surface area contributed by atoms with Gasteiger partial charge in [-0.05, 0) is 31.4 Å². The van der Waals surface area contributed by atoms with Gasteiger partial charge in [0.25, 0.3) is 0 Å². The molecule has 124 valence electrons.